The highest BCUT2D eigenvalue weighted by Gasteiger charge is 2.09. The number of anilines is 3. The number of hydrogen-bond acceptors (Lipinski definition) is 5. The SMILES string of the molecule is COC(=O)c1ccc(Nc2ccc(C(=O)Nc3cc(Cl)ccc3C)cn2)cc1. The first kappa shape index (κ1) is 19.4. The number of hydrogen-bond donors (Lipinski definition) is 2. The number of rotatable bonds is 5. The molecule has 1 amide bonds. The molecule has 6 nitrogen and oxygen atoms in total. The van der Waals surface area contributed by atoms with E-state index in [1.807, 2.05) is 13.0 Å². The number of benzene rings is 2. The number of carbonyl (C=O) groups excluding carboxylic acids is 2. The van der Waals surface area contributed by atoms with Crippen LogP contribution >= 0.6 is 11.6 Å². The molecule has 3 aromatic rings. The van der Waals surface area contributed by atoms with Crippen LogP contribution in [0.4, 0.5) is 17.2 Å². The molecule has 142 valence electrons. The number of pyridine rings is 1. The summed E-state index contributed by atoms with van der Waals surface area (Å²) >= 11 is 5.98. The van der Waals surface area contributed by atoms with Crippen LogP contribution in [-0.2, 0) is 4.74 Å². The molecule has 0 atom stereocenters. The summed E-state index contributed by atoms with van der Waals surface area (Å²) < 4.78 is 4.67. The Morgan fingerprint density at radius 1 is 1.00 bits per heavy atom. The Balaban J connectivity index is 1.66. The summed E-state index contributed by atoms with van der Waals surface area (Å²) in [5.41, 5.74) is 3.21. The zero-order valence-corrected chi connectivity index (χ0v) is 16.1. The van der Waals surface area contributed by atoms with Gasteiger partial charge in [-0.15, -0.1) is 0 Å². The van der Waals surface area contributed by atoms with Crippen LogP contribution in [0.15, 0.2) is 60.8 Å². The fraction of sp³-hybridized carbons (Fsp3) is 0.0952. The first-order valence-corrected chi connectivity index (χ1v) is 8.83. The van der Waals surface area contributed by atoms with Crippen molar-refractivity contribution in [1.82, 2.24) is 4.98 Å². The van der Waals surface area contributed by atoms with Crippen molar-refractivity contribution in [2.45, 2.75) is 6.92 Å². The van der Waals surface area contributed by atoms with Gasteiger partial charge in [0.1, 0.15) is 5.82 Å². The lowest BCUT2D eigenvalue weighted by atomic mass is 10.2. The van der Waals surface area contributed by atoms with E-state index in [1.54, 1.807) is 48.5 Å². The molecule has 0 bridgehead atoms. The third kappa shape index (κ3) is 4.66. The van der Waals surface area contributed by atoms with Crippen LogP contribution in [0.3, 0.4) is 0 Å². The predicted octanol–water partition coefficient (Wildman–Crippen LogP) is 4.83. The number of carbonyl (C=O) groups is 2. The quantitative estimate of drug-likeness (QED) is 0.605. The van der Waals surface area contributed by atoms with Crippen LogP contribution in [0, 0.1) is 6.92 Å². The Hall–Kier alpha value is -3.38. The van der Waals surface area contributed by atoms with Gasteiger partial charge in [0.05, 0.1) is 18.2 Å². The summed E-state index contributed by atoms with van der Waals surface area (Å²) in [5, 5.41) is 6.49. The minimum atomic E-state index is -0.394. The first-order valence-electron chi connectivity index (χ1n) is 8.45. The highest BCUT2D eigenvalue weighted by Crippen LogP contribution is 2.21. The Kier molecular flexibility index (Phi) is 5.91. The molecule has 1 heterocycles. The van der Waals surface area contributed by atoms with Gasteiger partial charge in [0, 0.05) is 22.6 Å². The summed E-state index contributed by atoms with van der Waals surface area (Å²) in [6, 6.07) is 15.5. The zero-order chi connectivity index (χ0) is 20.1. The molecule has 0 aliphatic carbocycles. The minimum Gasteiger partial charge on any atom is -0.465 e. The van der Waals surface area contributed by atoms with Crippen molar-refractivity contribution >= 4 is 40.7 Å². The molecule has 2 N–H and O–H groups in total. The van der Waals surface area contributed by atoms with E-state index in [2.05, 4.69) is 20.4 Å². The topological polar surface area (TPSA) is 80.3 Å². The molecular formula is C21H18ClN3O3. The van der Waals surface area contributed by atoms with Crippen molar-refractivity contribution in [2.24, 2.45) is 0 Å². The maximum absolute atomic E-state index is 12.4. The number of methoxy groups -OCH3 is 1. The normalized spacial score (nSPS) is 10.2. The van der Waals surface area contributed by atoms with Crippen LogP contribution in [0.1, 0.15) is 26.3 Å². The molecule has 0 aliphatic rings. The van der Waals surface area contributed by atoms with Gasteiger partial charge in [-0.3, -0.25) is 4.79 Å². The van der Waals surface area contributed by atoms with Gasteiger partial charge in [-0.25, -0.2) is 9.78 Å². The highest BCUT2D eigenvalue weighted by atomic mass is 35.5. The lowest BCUT2D eigenvalue weighted by Crippen LogP contribution is -2.13. The number of aryl methyl sites for hydroxylation is 1. The van der Waals surface area contributed by atoms with Crippen LogP contribution in [0.2, 0.25) is 5.02 Å². The number of nitrogens with zero attached hydrogens (tertiary/aromatic N) is 1. The van der Waals surface area contributed by atoms with Crippen molar-refractivity contribution < 1.29 is 14.3 Å². The van der Waals surface area contributed by atoms with E-state index in [0.717, 1.165) is 11.3 Å². The lowest BCUT2D eigenvalue weighted by molar-refractivity contribution is 0.0600. The smallest absolute Gasteiger partial charge is 0.337 e. The maximum atomic E-state index is 12.4. The van der Waals surface area contributed by atoms with Gasteiger partial charge >= 0.3 is 5.97 Å². The van der Waals surface area contributed by atoms with E-state index in [9.17, 15) is 9.59 Å². The van der Waals surface area contributed by atoms with Gasteiger partial charge in [-0.05, 0) is 61.0 Å². The Morgan fingerprint density at radius 3 is 2.36 bits per heavy atom. The van der Waals surface area contributed by atoms with Crippen molar-refractivity contribution in [3.63, 3.8) is 0 Å². The average molecular weight is 396 g/mol. The van der Waals surface area contributed by atoms with Crippen LogP contribution in [0.25, 0.3) is 0 Å². The summed E-state index contributed by atoms with van der Waals surface area (Å²) in [7, 11) is 1.34. The standard InChI is InChI=1S/C21H18ClN3O3/c1-13-3-7-16(22)11-18(13)25-20(26)15-6-10-19(23-12-15)24-17-8-4-14(5-9-17)21(27)28-2/h3-12H,1-2H3,(H,23,24)(H,25,26). The number of halogens is 1. The van der Waals surface area contributed by atoms with Gasteiger partial charge in [-0.1, -0.05) is 17.7 Å². The van der Waals surface area contributed by atoms with Crippen LogP contribution in [0.5, 0.6) is 0 Å². The van der Waals surface area contributed by atoms with Crippen LogP contribution in [-0.4, -0.2) is 24.0 Å². The van der Waals surface area contributed by atoms with E-state index >= 15 is 0 Å². The van der Waals surface area contributed by atoms with Crippen molar-refractivity contribution in [3.8, 4) is 0 Å². The Bertz CT molecular complexity index is 1000. The van der Waals surface area contributed by atoms with E-state index in [-0.39, 0.29) is 5.91 Å². The maximum Gasteiger partial charge on any atom is 0.337 e. The highest BCUT2D eigenvalue weighted by molar-refractivity contribution is 6.31. The van der Waals surface area contributed by atoms with Gasteiger partial charge in [0.25, 0.3) is 5.91 Å². The molecule has 1 aromatic heterocycles. The van der Waals surface area contributed by atoms with E-state index in [4.69, 9.17) is 11.6 Å². The fourth-order valence-corrected chi connectivity index (χ4v) is 2.65. The van der Waals surface area contributed by atoms with E-state index in [1.165, 1.54) is 13.3 Å². The van der Waals surface area contributed by atoms with Gasteiger partial charge in [0.15, 0.2) is 0 Å². The Labute approximate surface area is 167 Å². The molecule has 0 saturated carbocycles. The van der Waals surface area contributed by atoms with Crippen molar-refractivity contribution in [2.75, 3.05) is 17.7 Å². The third-order valence-electron chi connectivity index (χ3n) is 4.05. The van der Waals surface area contributed by atoms with Gasteiger partial charge in [-0.2, -0.15) is 0 Å². The summed E-state index contributed by atoms with van der Waals surface area (Å²) in [6.07, 6.45) is 1.49. The number of aromatic nitrogens is 1. The molecule has 0 unspecified atom stereocenters. The molecule has 7 heteroatoms. The number of esters is 1. The predicted molar refractivity (Wildman–Crippen MR) is 109 cm³/mol. The monoisotopic (exact) mass is 395 g/mol. The summed E-state index contributed by atoms with van der Waals surface area (Å²) in [4.78, 5) is 28.1. The van der Waals surface area contributed by atoms with Gasteiger partial charge < -0.3 is 15.4 Å². The average Bonchev–Trinajstić information content (AvgIpc) is 2.71. The lowest BCUT2D eigenvalue weighted by Gasteiger charge is -2.10. The zero-order valence-electron chi connectivity index (χ0n) is 15.3. The molecule has 3 rings (SSSR count). The number of ether oxygens (including phenoxy) is 1. The van der Waals surface area contributed by atoms with E-state index in [0.29, 0.717) is 27.7 Å². The van der Waals surface area contributed by atoms with Crippen molar-refractivity contribution in [3.05, 3.63) is 82.5 Å². The molecular weight excluding hydrogens is 378 g/mol. The molecule has 0 fully saturated rings. The van der Waals surface area contributed by atoms with E-state index < -0.39 is 5.97 Å². The largest absolute Gasteiger partial charge is 0.465 e. The molecule has 0 saturated heterocycles. The van der Waals surface area contributed by atoms with Crippen molar-refractivity contribution in [1.29, 1.82) is 0 Å². The first-order chi connectivity index (χ1) is 13.5. The van der Waals surface area contributed by atoms with Gasteiger partial charge in [0.2, 0.25) is 0 Å². The molecule has 2 aromatic carbocycles. The van der Waals surface area contributed by atoms with Crippen LogP contribution < -0.4 is 10.6 Å². The minimum absolute atomic E-state index is 0.271. The second-order valence-corrected chi connectivity index (χ2v) is 6.48. The molecule has 0 radical (unpaired) electrons. The third-order valence-corrected chi connectivity index (χ3v) is 4.29. The molecule has 0 spiro atoms. The number of amides is 1. The summed E-state index contributed by atoms with van der Waals surface area (Å²) in [6.45, 7) is 1.89. The molecule has 0 aliphatic heterocycles. The fourth-order valence-electron chi connectivity index (χ4n) is 2.48. The molecule has 28 heavy (non-hydrogen) atoms. The second-order valence-electron chi connectivity index (χ2n) is 6.04. The number of nitrogens with one attached hydrogen (secondary N) is 2. The second kappa shape index (κ2) is 8.54. The summed E-state index contributed by atoms with van der Waals surface area (Å²) in [5.74, 6) is -0.0943. The Morgan fingerprint density at radius 2 is 1.71 bits per heavy atom.